The third kappa shape index (κ3) is 3.02. The quantitative estimate of drug-likeness (QED) is 0.921. The highest BCUT2D eigenvalue weighted by molar-refractivity contribution is 7.89. The molecule has 0 amide bonds. The van der Waals surface area contributed by atoms with Gasteiger partial charge in [-0.1, -0.05) is 0 Å². The lowest BCUT2D eigenvalue weighted by Gasteiger charge is -2.14. The molecule has 5 nitrogen and oxygen atoms in total. The molecule has 1 aromatic heterocycles. The number of nitrogens with one attached hydrogen (secondary N) is 1. The standard InChI is InChI=1S/C14H18N2O3S/c1-11(14-5-4-10-19-14)15-12-6-8-13(9-7-12)20(17,18)16(2)3/h4-11,15H,1-3H3. The average Bonchev–Trinajstić information content (AvgIpc) is 2.93. The van der Waals surface area contributed by atoms with Gasteiger partial charge in [-0.05, 0) is 43.3 Å². The van der Waals surface area contributed by atoms with Crippen LogP contribution in [0.1, 0.15) is 18.7 Å². The molecule has 0 aliphatic heterocycles. The van der Waals surface area contributed by atoms with Crippen LogP contribution in [-0.2, 0) is 10.0 Å². The molecule has 1 heterocycles. The van der Waals surface area contributed by atoms with E-state index in [4.69, 9.17) is 4.42 Å². The van der Waals surface area contributed by atoms with E-state index in [2.05, 4.69) is 5.32 Å². The van der Waals surface area contributed by atoms with Crippen LogP contribution in [0.25, 0.3) is 0 Å². The van der Waals surface area contributed by atoms with Crippen LogP contribution in [0.2, 0.25) is 0 Å². The fourth-order valence-corrected chi connectivity index (χ4v) is 2.69. The zero-order valence-electron chi connectivity index (χ0n) is 11.7. The number of benzene rings is 1. The van der Waals surface area contributed by atoms with Crippen LogP contribution in [0, 0.1) is 0 Å². The van der Waals surface area contributed by atoms with E-state index in [1.165, 1.54) is 18.4 Å². The Morgan fingerprint density at radius 3 is 2.30 bits per heavy atom. The second-order valence-electron chi connectivity index (χ2n) is 4.69. The fraction of sp³-hybridized carbons (Fsp3) is 0.286. The van der Waals surface area contributed by atoms with Gasteiger partial charge < -0.3 is 9.73 Å². The summed E-state index contributed by atoms with van der Waals surface area (Å²) in [6.07, 6.45) is 1.63. The minimum absolute atomic E-state index is 0.0151. The second kappa shape index (κ2) is 5.68. The van der Waals surface area contributed by atoms with Crippen molar-refractivity contribution < 1.29 is 12.8 Å². The predicted molar refractivity (Wildman–Crippen MR) is 78.1 cm³/mol. The van der Waals surface area contributed by atoms with Crippen molar-refractivity contribution in [3.63, 3.8) is 0 Å². The molecule has 0 saturated heterocycles. The Labute approximate surface area is 119 Å². The number of hydrogen-bond acceptors (Lipinski definition) is 4. The van der Waals surface area contributed by atoms with E-state index in [0.717, 1.165) is 11.4 Å². The summed E-state index contributed by atoms with van der Waals surface area (Å²) in [6.45, 7) is 1.98. The maximum Gasteiger partial charge on any atom is 0.242 e. The molecule has 0 radical (unpaired) electrons. The number of anilines is 1. The first-order valence-corrected chi connectivity index (χ1v) is 7.68. The van der Waals surface area contributed by atoms with Crippen LogP contribution in [0.15, 0.2) is 52.0 Å². The molecular weight excluding hydrogens is 276 g/mol. The van der Waals surface area contributed by atoms with Crippen molar-refractivity contribution in [2.45, 2.75) is 17.9 Å². The molecule has 108 valence electrons. The summed E-state index contributed by atoms with van der Waals surface area (Å²) < 4.78 is 30.4. The molecule has 2 aromatic rings. The Bertz CT molecular complexity index is 646. The number of furan rings is 1. The Balaban J connectivity index is 2.13. The average molecular weight is 294 g/mol. The molecular formula is C14H18N2O3S. The van der Waals surface area contributed by atoms with Crippen molar-refractivity contribution in [3.05, 3.63) is 48.4 Å². The Morgan fingerprint density at radius 1 is 1.15 bits per heavy atom. The van der Waals surface area contributed by atoms with E-state index < -0.39 is 10.0 Å². The lowest BCUT2D eigenvalue weighted by molar-refractivity contribution is 0.490. The van der Waals surface area contributed by atoms with Gasteiger partial charge in [-0.25, -0.2) is 12.7 Å². The highest BCUT2D eigenvalue weighted by Gasteiger charge is 2.16. The van der Waals surface area contributed by atoms with Gasteiger partial charge in [-0.2, -0.15) is 0 Å². The molecule has 6 heteroatoms. The monoisotopic (exact) mass is 294 g/mol. The molecule has 0 aliphatic carbocycles. The van der Waals surface area contributed by atoms with Gasteiger partial charge in [0.15, 0.2) is 0 Å². The predicted octanol–water partition coefficient (Wildman–Crippen LogP) is 2.70. The topological polar surface area (TPSA) is 62.6 Å². The summed E-state index contributed by atoms with van der Waals surface area (Å²) in [4.78, 5) is 0.277. The van der Waals surface area contributed by atoms with E-state index >= 15 is 0 Å². The molecule has 1 aromatic carbocycles. The Hall–Kier alpha value is -1.79. The van der Waals surface area contributed by atoms with Crippen molar-refractivity contribution in [2.75, 3.05) is 19.4 Å². The molecule has 0 saturated carbocycles. The van der Waals surface area contributed by atoms with E-state index in [9.17, 15) is 8.42 Å². The number of rotatable bonds is 5. The molecule has 2 rings (SSSR count). The van der Waals surface area contributed by atoms with Crippen molar-refractivity contribution in [2.24, 2.45) is 0 Å². The minimum Gasteiger partial charge on any atom is -0.467 e. The summed E-state index contributed by atoms with van der Waals surface area (Å²) >= 11 is 0. The summed E-state index contributed by atoms with van der Waals surface area (Å²) in [5.74, 6) is 0.829. The van der Waals surface area contributed by atoms with Gasteiger partial charge >= 0.3 is 0 Å². The maximum atomic E-state index is 11.9. The Kier molecular flexibility index (Phi) is 4.15. The van der Waals surface area contributed by atoms with E-state index in [1.54, 1.807) is 30.5 Å². The van der Waals surface area contributed by atoms with Crippen molar-refractivity contribution in [1.82, 2.24) is 4.31 Å². The molecule has 0 fully saturated rings. The van der Waals surface area contributed by atoms with Crippen molar-refractivity contribution in [3.8, 4) is 0 Å². The lowest BCUT2D eigenvalue weighted by atomic mass is 10.2. The molecule has 20 heavy (non-hydrogen) atoms. The van der Waals surface area contributed by atoms with E-state index in [1.807, 2.05) is 19.1 Å². The molecule has 1 N–H and O–H groups in total. The van der Waals surface area contributed by atoms with Crippen LogP contribution in [-0.4, -0.2) is 26.8 Å². The van der Waals surface area contributed by atoms with Crippen LogP contribution < -0.4 is 5.32 Å². The van der Waals surface area contributed by atoms with E-state index in [0.29, 0.717) is 0 Å². The summed E-state index contributed by atoms with van der Waals surface area (Å²) in [5, 5.41) is 3.25. The highest BCUT2D eigenvalue weighted by atomic mass is 32.2. The summed E-state index contributed by atoms with van der Waals surface area (Å²) in [6, 6.07) is 10.4. The number of nitrogens with zero attached hydrogens (tertiary/aromatic N) is 1. The zero-order chi connectivity index (χ0) is 14.8. The Morgan fingerprint density at radius 2 is 1.80 bits per heavy atom. The van der Waals surface area contributed by atoms with Crippen LogP contribution in [0.5, 0.6) is 0 Å². The lowest BCUT2D eigenvalue weighted by Crippen LogP contribution is -2.22. The molecule has 0 spiro atoms. The van der Waals surface area contributed by atoms with Gasteiger partial charge in [0.25, 0.3) is 0 Å². The van der Waals surface area contributed by atoms with Gasteiger partial charge in [0.1, 0.15) is 5.76 Å². The van der Waals surface area contributed by atoms with Crippen molar-refractivity contribution >= 4 is 15.7 Å². The van der Waals surface area contributed by atoms with Gasteiger partial charge in [0.2, 0.25) is 10.0 Å². The molecule has 0 bridgehead atoms. The highest BCUT2D eigenvalue weighted by Crippen LogP contribution is 2.21. The van der Waals surface area contributed by atoms with Crippen LogP contribution in [0.4, 0.5) is 5.69 Å². The second-order valence-corrected chi connectivity index (χ2v) is 6.85. The zero-order valence-corrected chi connectivity index (χ0v) is 12.5. The van der Waals surface area contributed by atoms with Gasteiger partial charge in [-0.3, -0.25) is 0 Å². The van der Waals surface area contributed by atoms with Crippen LogP contribution in [0.3, 0.4) is 0 Å². The first-order chi connectivity index (χ1) is 9.41. The van der Waals surface area contributed by atoms with Gasteiger partial charge in [0, 0.05) is 19.8 Å². The molecule has 1 atom stereocenters. The minimum atomic E-state index is -3.38. The van der Waals surface area contributed by atoms with E-state index in [-0.39, 0.29) is 10.9 Å². The van der Waals surface area contributed by atoms with Crippen LogP contribution >= 0.6 is 0 Å². The van der Waals surface area contributed by atoms with Gasteiger partial charge in [0.05, 0.1) is 17.2 Å². The first-order valence-electron chi connectivity index (χ1n) is 6.24. The smallest absolute Gasteiger partial charge is 0.242 e. The largest absolute Gasteiger partial charge is 0.467 e. The molecule has 1 unspecified atom stereocenters. The summed E-state index contributed by atoms with van der Waals surface area (Å²) in [5.41, 5.74) is 0.839. The fourth-order valence-electron chi connectivity index (χ4n) is 1.79. The maximum absolute atomic E-state index is 11.9. The first kappa shape index (κ1) is 14.6. The SMILES string of the molecule is CC(Nc1ccc(S(=O)(=O)N(C)C)cc1)c1ccco1. The van der Waals surface area contributed by atoms with Gasteiger partial charge in [-0.15, -0.1) is 0 Å². The number of hydrogen-bond donors (Lipinski definition) is 1. The third-order valence-electron chi connectivity index (χ3n) is 2.99. The van der Waals surface area contributed by atoms with Crippen molar-refractivity contribution in [1.29, 1.82) is 0 Å². The molecule has 0 aliphatic rings. The number of sulfonamides is 1. The third-order valence-corrected chi connectivity index (χ3v) is 4.82. The summed E-state index contributed by atoms with van der Waals surface area (Å²) in [7, 11) is -0.350. The normalized spacial score (nSPS) is 13.4.